The molecule has 2 aromatic heterocycles. The maximum atomic E-state index is 4.46. The van der Waals surface area contributed by atoms with Crippen molar-refractivity contribution in [2.75, 3.05) is 29.9 Å². The van der Waals surface area contributed by atoms with Crippen molar-refractivity contribution < 1.29 is 0 Å². The Morgan fingerprint density at radius 3 is 2.82 bits per heavy atom. The van der Waals surface area contributed by atoms with E-state index in [0.717, 1.165) is 42.7 Å². The smallest absolute Gasteiger partial charge is 0.205 e. The van der Waals surface area contributed by atoms with Crippen LogP contribution >= 0.6 is 11.5 Å². The lowest BCUT2D eigenvalue weighted by atomic mass is 9.96. The second kappa shape index (κ2) is 5.46. The molecule has 0 atom stereocenters. The molecule has 0 spiro atoms. The van der Waals surface area contributed by atoms with Crippen LogP contribution < -0.4 is 9.80 Å². The number of aromatic nitrogens is 4. The highest BCUT2D eigenvalue weighted by Crippen LogP contribution is 2.28. The first-order valence-corrected chi connectivity index (χ1v) is 8.61. The highest BCUT2D eigenvalue weighted by molar-refractivity contribution is 7.09. The topological polar surface area (TPSA) is 58.0 Å². The van der Waals surface area contributed by atoms with Gasteiger partial charge in [-0.15, -0.1) is 5.10 Å². The summed E-state index contributed by atoms with van der Waals surface area (Å²) in [6, 6.07) is 2.72. The van der Waals surface area contributed by atoms with E-state index in [1.165, 1.54) is 35.6 Å². The van der Waals surface area contributed by atoms with Gasteiger partial charge in [-0.2, -0.15) is 9.47 Å². The molecular formula is C15H20N6S. The van der Waals surface area contributed by atoms with Gasteiger partial charge in [0.25, 0.3) is 0 Å². The first-order chi connectivity index (χ1) is 10.7. The number of hydrogen-bond donors (Lipinski definition) is 0. The molecule has 6 nitrogen and oxygen atoms in total. The molecule has 7 heteroatoms. The Morgan fingerprint density at radius 1 is 1.23 bits per heavy atom. The summed E-state index contributed by atoms with van der Waals surface area (Å²) in [4.78, 5) is 8.99. The standard InChI is InChI=1S/C15H20N6S/c1-10-16-15(22-19-10)20(2)12-8-21(9-12)14-7-11-5-3-4-6-13(11)17-18-14/h7,12H,3-6,8-9H2,1-2H3. The van der Waals surface area contributed by atoms with Crippen LogP contribution in [0.1, 0.15) is 29.9 Å². The molecule has 0 amide bonds. The van der Waals surface area contributed by atoms with Gasteiger partial charge >= 0.3 is 0 Å². The van der Waals surface area contributed by atoms with Crippen LogP contribution in [0.5, 0.6) is 0 Å². The minimum Gasteiger partial charge on any atom is -0.351 e. The number of likely N-dealkylation sites (N-methyl/N-ethyl adjacent to an activating group) is 1. The molecule has 1 aliphatic carbocycles. The van der Waals surface area contributed by atoms with Gasteiger partial charge in [-0.05, 0) is 44.2 Å². The lowest BCUT2D eigenvalue weighted by Crippen LogP contribution is -2.59. The van der Waals surface area contributed by atoms with Crippen molar-refractivity contribution in [1.29, 1.82) is 0 Å². The van der Waals surface area contributed by atoms with Crippen LogP contribution in [-0.4, -0.2) is 45.7 Å². The Labute approximate surface area is 134 Å². The molecule has 1 aliphatic heterocycles. The van der Waals surface area contributed by atoms with E-state index in [-0.39, 0.29) is 0 Å². The van der Waals surface area contributed by atoms with Crippen LogP contribution in [-0.2, 0) is 12.8 Å². The number of rotatable bonds is 3. The SMILES string of the molecule is Cc1nsc(N(C)C2CN(c3cc4c(nn3)CCCC4)C2)n1. The minimum atomic E-state index is 0.477. The second-order valence-electron chi connectivity index (χ2n) is 6.18. The quantitative estimate of drug-likeness (QED) is 0.861. The van der Waals surface area contributed by atoms with Gasteiger partial charge in [0, 0.05) is 31.7 Å². The molecule has 2 aliphatic rings. The van der Waals surface area contributed by atoms with Gasteiger partial charge in [-0.3, -0.25) is 0 Å². The van der Waals surface area contributed by atoms with Crippen LogP contribution in [0, 0.1) is 6.92 Å². The van der Waals surface area contributed by atoms with Crippen molar-refractivity contribution in [1.82, 2.24) is 19.6 Å². The first-order valence-electron chi connectivity index (χ1n) is 7.84. The molecule has 0 aromatic carbocycles. The Hall–Kier alpha value is -1.76. The van der Waals surface area contributed by atoms with Gasteiger partial charge in [-0.25, -0.2) is 4.98 Å². The molecule has 0 unspecified atom stereocenters. The molecule has 1 saturated heterocycles. The number of anilines is 2. The van der Waals surface area contributed by atoms with Crippen molar-refractivity contribution in [2.24, 2.45) is 0 Å². The molecule has 22 heavy (non-hydrogen) atoms. The van der Waals surface area contributed by atoms with Crippen molar-refractivity contribution in [3.8, 4) is 0 Å². The lowest BCUT2D eigenvalue weighted by Gasteiger charge is -2.44. The van der Waals surface area contributed by atoms with Crippen LogP contribution in [0.4, 0.5) is 10.9 Å². The Kier molecular flexibility index (Phi) is 3.44. The predicted molar refractivity (Wildman–Crippen MR) is 87.7 cm³/mol. The largest absolute Gasteiger partial charge is 0.351 e. The van der Waals surface area contributed by atoms with Gasteiger partial charge in [0.05, 0.1) is 11.7 Å². The third-order valence-corrected chi connectivity index (χ3v) is 5.51. The van der Waals surface area contributed by atoms with Gasteiger partial charge in [-0.1, -0.05) is 0 Å². The maximum Gasteiger partial charge on any atom is 0.205 e. The average molecular weight is 316 g/mol. The van der Waals surface area contributed by atoms with E-state index in [2.05, 4.69) is 42.5 Å². The predicted octanol–water partition coefficient (Wildman–Crippen LogP) is 1.84. The number of nitrogens with zero attached hydrogens (tertiary/aromatic N) is 6. The summed E-state index contributed by atoms with van der Waals surface area (Å²) in [7, 11) is 2.10. The van der Waals surface area contributed by atoms with E-state index in [1.807, 2.05) is 6.92 Å². The van der Waals surface area contributed by atoms with Gasteiger partial charge in [0.1, 0.15) is 5.82 Å². The zero-order valence-electron chi connectivity index (χ0n) is 13.0. The summed E-state index contributed by atoms with van der Waals surface area (Å²) < 4.78 is 4.26. The van der Waals surface area contributed by atoms with Crippen LogP contribution in [0.15, 0.2) is 6.07 Å². The molecule has 116 valence electrons. The monoisotopic (exact) mass is 316 g/mol. The highest BCUT2D eigenvalue weighted by Gasteiger charge is 2.33. The molecule has 0 bridgehead atoms. The number of fused-ring (bicyclic) bond motifs is 1. The maximum absolute atomic E-state index is 4.46. The third kappa shape index (κ3) is 2.43. The van der Waals surface area contributed by atoms with Crippen molar-refractivity contribution in [3.05, 3.63) is 23.1 Å². The number of aryl methyl sites for hydroxylation is 3. The van der Waals surface area contributed by atoms with Gasteiger partial charge in [0.2, 0.25) is 5.13 Å². The van der Waals surface area contributed by atoms with Crippen LogP contribution in [0.3, 0.4) is 0 Å². The van der Waals surface area contributed by atoms with E-state index in [4.69, 9.17) is 0 Å². The van der Waals surface area contributed by atoms with Crippen molar-refractivity contribution in [2.45, 2.75) is 38.6 Å². The fourth-order valence-electron chi connectivity index (χ4n) is 3.11. The summed E-state index contributed by atoms with van der Waals surface area (Å²) in [5.74, 6) is 1.88. The van der Waals surface area contributed by atoms with E-state index < -0.39 is 0 Å². The first kappa shape index (κ1) is 13.9. The van der Waals surface area contributed by atoms with Gasteiger partial charge < -0.3 is 9.80 Å². The van der Waals surface area contributed by atoms with Crippen LogP contribution in [0.25, 0.3) is 0 Å². The van der Waals surface area contributed by atoms with E-state index in [1.54, 1.807) is 0 Å². The molecule has 0 saturated carbocycles. The zero-order valence-corrected chi connectivity index (χ0v) is 13.8. The summed E-state index contributed by atoms with van der Waals surface area (Å²) in [5.41, 5.74) is 2.60. The molecule has 3 heterocycles. The van der Waals surface area contributed by atoms with Crippen molar-refractivity contribution in [3.63, 3.8) is 0 Å². The molecule has 4 rings (SSSR count). The molecule has 0 radical (unpaired) electrons. The Balaban J connectivity index is 1.42. The Morgan fingerprint density at radius 2 is 2.05 bits per heavy atom. The number of hydrogen-bond acceptors (Lipinski definition) is 7. The molecule has 0 N–H and O–H groups in total. The summed E-state index contributed by atoms with van der Waals surface area (Å²) in [6.45, 7) is 3.88. The van der Waals surface area contributed by atoms with E-state index in [9.17, 15) is 0 Å². The molecule has 2 aromatic rings. The average Bonchev–Trinajstić information content (AvgIpc) is 2.92. The fraction of sp³-hybridized carbons (Fsp3) is 0.600. The summed E-state index contributed by atoms with van der Waals surface area (Å²) in [5, 5.41) is 9.84. The van der Waals surface area contributed by atoms with Gasteiger partial charge in [0.15, 0.2) is 5.82 Å². The summed E-state index contributed by atoms with van der Waals surface area (Å²) >= 11 is 1.47. The highest BCUT2D eigenvalue weighted by atomic mass is 32.1. The lowest BCUT2D eigenvalue weighted by molar-refractivity contribution is 0.488. The van der Waals surface area contributed by atoms with E-state index >= 15 is 0 Å². The molecule has 1 fully saturated rings. The minimum absolute atomic E-state index is 0.477. The molecular weight excluding hydrogens is 296 g/mol. The second-order valence-corrected chi connectivity index (χ2v) is 6.91. The van der Waals surface area contributed by atoms with Crippen LogP contribution in [0.2, 0.25) is 0 Å². The van der Waals surface area contributed by atoms with Crippen molar-refractivity contribution >= 4 is 22.5 Å². The normalized spacial score (nSPS) is 18.0. The van der Waals surface area contributed by atoms with E-state index in [0.29, 0.717) is 6.04 Å². The fourth-order valence-corrected chi connectivity index (χ4v) is 3.81. The zero-order chi connectivity index (χ0) is 15.1. The third-order valence-electron chi connectivity index (χ3n) is 4.61. The summed E-state index contributed by atoms with van der Waals surface area (Å²) in [6.07, 6.45) is 4.77. The Bertz CT molecular complexity index is 678.